The van der Waals surface area contributed by atoms with Crippen LogP contribution in [0.5, 0.6) is 0 Å². The summed E-state index contributed by atoms with van der Waals surface area (Å²) in [6, 6.07) is -5.18. The highest BCUT2D eigenvalue weighted by molar-refractivity contribution is 5.95. The van der Waals surface area contributed by atoms with Crippen molar-refractivity contribution in [3.05, 3.63) is 95.7 Å². The topological polar surface area (TPSA) is 426 Å². The number of cyclic esters (lactones) is 1. The summed E-state index contributed by atoms with van der Waals surface area (Å²) in [6.07, 6.45) is 6.62. The molecule has 2 aliphatic rings. The quantitative estimate of drug-likeness (QED) is 0.0288. The number of methoxy groups -OCH3 is 1. The fourth-order valence-corrected chi connectivity index (χ4v) is 13.3. The molecule has 25 atom stereocenters. The predicted octanol–water partition coefficient (Wildman–Crippen LogP) is 5.88. The minimum Gasteiger partial charge on any atom is -0.479 e. The summed E-state index contributed by atoms with van der Waals surface area (Å²) in [5.74, 6) is -13.6. The van der Waals surface area contributed by atoms with Crippen LogP contribution in [0.1, 0.15) is 182 Å². The zero-order valence-corrected chi connectivity index (χ0v) is 64.8. The lowest BCUT2D eigenvalue weighted by molar-refractivity contribution is -0.170. The van der Waals surface area contributed by atoms with Gasteiger partial charge in [0.25, 0.3) is 0 Å². The van der Waals surface area contributed by atoms with E-state index >= 15 is 0 Å². The number of carbonyl (C=O) groups excluding carboxylic acids is 6. The second kappa shape index (κ2) is 44.3. The molecule has 25 unspecified atom stereocenters. The number of carboxylic acid groups (broad SMARTS) is 1. The Balaban J connectivity index is 2.49. The van der Waals surface area contributed by atoms with E-state index in [2.05, 4.69) is 22.9 Å². The first-order valence-electron chi connectivity index (χ1n) is 36.7. The molecule has 15 N–H and O–H groups in total. The number of hydrogen-bond donors (Lipinski definition) is 15. The van der Waals surface area contributed by atoms with Gasteiger partial charge in [-0.25, -0.2) is 9.59 Å². The third-order valence-corrected chi connectivity index (χ3v) is 20.8. The second-order valence-electron chi connectivity index (χ2n) is 31.0. The smallest absolute Gasteiger partial charge is 0.335 e. The van der Waals surface area contributed by atoms with Crippen molar-refractivity contribution in [1.29, 1.82) is 0 Å². The second-order valence-corrected chi connectivity index (χ2v) is 31.0. The maximum absolute atomic E-state index is 14.3. The summed E-state index contributed by atoms with van der Waals surface area (Å²) >= 11 is 0. The summed E-state index contributed by atoms with van der Waals surface area (Å²) < 4.78 is 17.1. The maximum atomic E-state index is 14.3. The van der Waals surface area contributed by atoms with Gasteiger partial charge in [0, 0.05) is 41.1 Å². The molecule has 592 valence electrons. The zero-order chi connectivity index (χ0) is 79.6. The Kier molecular flexibility index (Phi) is 40.0. The van der Waals surface area contributed by atoms with E-state index in [-0.39, 0.29) is 31.5 Å². The number of rotatable bonds is 25. The summed E-state index contributed by atoms with van der Waals surface area (Å²) in [5.41, 5.74) is -1.49. The third-order valence-electron chi connectivity index (χ3n) is 20.8. The van der Waals surface area contributed by atoms with Crippen LogP contribution in [0.15, 0.2) is 95.7 Å². The SMILES string of the molecule is COC(=O)C(C)(C)C(O)C(C)C(=O)C(C)(C)C=CC(=O)NC(C(O)C(C)C)C(O)C(C)C=C(C)C(O)C(C)CCC(O)C(C)C(=O)NC(C(C)O)C1OC(=O)C(C(O)C(=O)O)NC(=O)C=CC=CCCC=CC=CCC2CC(C)CC(CC(O)C(C)C(O)C(C)=CC(C)C(O)C(C)=CCC(O)C1C)O2. The largest absolute Gasteiger partial charge is 0.479 e. The molecule has 3 amide bonds. The van der Waals surface area contributed by atoms with Crippen molar-refractivity contribution in [3.63, 3.8) is 0 Å². The lowest BCUT2D eigenvalue weighted by atomic mass is 9.72. The maximum Gasteiger partial charge on any atom is 0.335 e. The van der Waals surface area contributed by atoms with Gasteiger partial charge in [-0.2, -0.15) is 0 Å². The van der Waals surface area contributed by atoms with Crippen LogP contribution in [0.3, 0.4) is 0 Å². The Morgan fingerprint density at radius 3 is 1.88 bits per heavy atom. The van der Waals surface area contributed by atoms with E-state index in [9.17, 15) is 94.8 Å². The Morgan fingerprint density at radius 2 is 1.31 bits per heavy atom. The van der Waals surface area contributed by atoms with Gasteiger partial charge in [0.05, 0.1) is 104 Å². The van der Waals surface area contributed by atoms with Crippen LogP contribution in [-0.2, 0) is 47.8 Å². The number of fused-ring (bicyclic) bond motifs is 2. The van der Waals surface area contributed by atoms with Gasteiger partial charge in [-0.3, -0.25) is 24.0 Å². The molecule has 2 bridgehead atoms. The van der Waals surface area contributed by atoms with E-state index < -0.39 is 191 Å². The van der Waals surface area contributed by atoms with Crippen LogP contribution in [-0.4, -0.2) is 213 Å². The lowest BCUT2D eigenvalue weighted by Gasteiger charge is -2.37. The number of allylic oxidation sites excluding steroid dienone is 7. The first kappa shape index (κ1) is 94.0. The number of carbonyl (C=O) groups is 7. The van der Waals surface area contributed by atoms with Crippen LogP contribution < -0.4 is 16.0 Å². The Labute approximate surface area is 616 Å². The van der Waals surface area contributed by atoms with Crippen molar-refractivity contribution >= 4 is 41.4 Å². The number of amides is 3. The predicted molar refractivity (Wildman–Crippen MR) is 395 cm³/mol. The van der Waals surface area contributed by atoms with E-state index in [1.54, 1.807) is 86.6 Å². The molecular formula is C79H129N3O22. The fourth-order valence-electron chi connectivity index (χ4n) is 13.3. The zero-order valence-electron chi connectivity index (χ0n) is 64.8. The van der Waals surface area contributed by atoms with Crippen molar-refractivity contribution in [1.82, 2.24) is 16.0 Å². The number of ketones is 1. The van der Waals surface area contributed by atoms with E-state index in [1.807, 2.05) is 24.3 Å². The Hall–Kier alpha value is -6.07. The van der Waals surface area contributed by atoms with Gasteiger partial charge in [0.2, 0.25) is 17.7 Å². The highest BCUT2D eigenvalue weighted by Gasteiger charge is 2.46. The number of aliphatic hydroxyl groups excluding tert-OH is 11. The first-order chi connectivity index (χ1) is 48.2. The molecule has 1 fully saturated rings. The number of aliphatic hydroxyl groups is 11. The average Bonchev–Trinajstić information content (AvgIpc) is 0.809. The van der Waals surface area contributed by atoms with E-state index in [1.165, 1.54) is 80.7 Å². The number of carboxylic acids is 1. The van der Waals surface area contributed by atoms with Gasteiger partial charge in [-0.1, -0.05) is 136 Å². The summed E-state index contributed by atoms with van der Waals surface area (Å²) in [6.45, 7) is 28.7. The van der Waals surface area contributed by atoms with Gasteiger partial charge < -0.3 is 91.4 Å². The van der Waals surface area contributed by atoms with Crippen LogP contribution >= 0.6 is 0 Å². The fraction of sp³-hybridized carbons (Fsp3) is 0.709. The van der Waals surface area contributed by atoms with Crippen LogP contribution in [0.2, 0.25) is 0 Å². The minimum atomic E-state index is -2.59. The summed E-state index contributed by atoms with van der Waals surface area (Å²) in [5, 5.41) is 143. The van der Waals surface area contributed by atoms with Crippen molar-refractivity contribution in [2.75, 3.05) is 7.11 Å². The molecule has 2 aliphatic heterocycles. The number of Topliss-reactive ketones (excluding diaryl/α,β-unsaturated/α-hetero) is 1. The lowest BCUT2D eigenvalue weighted by Crippen LogP contribution is -2.59. The normalized spacial score (nSPS) is 28.6. The van der Waals surface area contributed by atoms with Crippen LogP contribution in [0.25, 0.3) is 0 Å². The molecule has 0 radical (unpaired) electrons. The number of esters is 2. The van der Waals surface area contributed by atoms with Crippen molar-refractivity contribution in [2.24, 2.45) is 64.1 Å². The molecule has 0 aromatic heterocycles. The highest BCUT2D eigenvalue weighted by atomic mass is 16.6. The molecule has 2 heterocycles. The first-order valence-corrected chi connectivity index (χ1v) is 36.7. The van der Waals surface area contributed by atoms with Gasteiger partial charge >= 0.3 is 17.9 Å². The molecule has 25 nitrogen and oxygen atoms in total. The number of aliphatic carboxylic acids is 1. The van der Waals surface area contributed by atoms with Crippen molar-refractivity contribution < 1.29 is 109 Å². The molecule has 0 saturated carbocycles. The van der Waals surface area contributed by atoms with Gasteiger partial charge in [-0.15, -0.1) is 0 Å². The van der Waals surface area contributed by atoms with Gasteiger partial charge in [-0.05, 0) is 154 Å². The van der Waals surface area contributed by atoms with Crippen LogP contribution in [0, 0.1) is 64.1 Å². The van der Waals surface area contributed by atoms with Crippen LogP contribution in [0.4, 0.5) is 0 Å². The van der Waals surface area contributed by atoms with Crippen molar-refractivity contribution in [3.8, 4) is 0 Å². The molecular weight excluding hydrogens is 1340 g/mol. The Morgan fingerprint density at radius 1 is 0.721 bits per heavy atom. The molecule has 2 rings (SSSR count). The average molecular weight is 1470 g/mol. The number of ether oxygens (including phenoxy) is 3. The minimum absolute atomic E-state index is 0.0512. The van der Waals surface area contributed by atoms with E-state index in [0.717, 1.165) is 25.0 Å². The van der Waals surface area contributed by atoms with Crippen molar-refractivity contribution in [2.45, 2.75) is 286 Å². The van der Waals surface area contributed by atoms with Gasteiger partial charge in [0.1, 0.15) is 11.9 Å². The third kappa shape index (κ3) is 29.2. The van der Waals surface area contributed by atoms with E-state index in [0.29, 0.717) is 48.3 Å². The standard InChI is InChI=1S/C79H129N3O22/c1-42(2)65(89)63(80-61(88)35-36-78(15,16)72(95)53(13)73(96)79(17,18)77(101)102-19)69(93)49(9)40-47(7)67(91)45(5)32-34-58(85)52(12)74(97)82-62(54(14)83)71-51(11)57(84)33-31-44(4)66(90)46(6)39-48(8)68(92)50(10)59(86)41-56-38-43(3)37-55(103-56)29-27-25-23-21-20-22-24-26-28-30-60(87)81-64(76(100)104-71)70(94)75(98)99/h21,23-28,30-31,35-36,39-40,42-43,45-46,49-59,62-71,73,83-86,89-94,96H,20,22,29,32-34,37-38,41H2,1-19H3,(H,80,88)(H,81,87)(H,82,97)(H,98,99). The number of nitrogens with one attached hydrogen (secondary N) is 3. The summed E-state index contributed by atoms with van der Waals surface area (Å²) in [7, 11) is 1.17. The molecule has 104 heavy (non-hydrogen) atoms. The molecule has 0 spiro atoms. The molecule has 25 heteroatoms. The molecule has 0 aromatic carbocycles. The summed E-state index contributed by atoms with van der Waals surface area (Å²) in [4.78, 5) is 93.7. The Bertz CT molecular complexity index is 3000. The number of hydrogen-bond acceptors (Lipinski definition) is 21. The van der Waals surface area contributed by atoms with Gasteiger partial charge in [0.15, 0.2) is 12.1 Å². The monoisotopic (exact) mass is 1470 g/mol. The highest BCUT2D eigenvalue weighted by Crippen LogP contribution is 2.35. The molecule has 0 aromatic rings. The molecule has 1 saturated heterocycles. The molecule has 0 aliphatic carbocycles. The van der Waals surface area contributed by atoms with E-state index in [4.69, 9.17) is 14.2 Å².